The fourth-order valence-corrected chi connectivity index (χ4v) is 2.72. The molecule has 1 fully saturated rings. The molecule has 1 unspecified atom stereocenters. The molecule has 0 bridgehead atoms. The summed E-state index contributed by atoms with van der Waals surface area (Å²) in [5.74, 6) is 0. The highest BCUT2D eigenvalue weighted by Crippen LogP contribution is 2.17. The topological polar surface area (TPSA) is 27.5 Å². The van der Waals surface area contributed by atoms with Crippen LogP contribution >= 0.6 is 0 Å². The van der Waals surface area contributed by atoms with Crippen LogP contribution in [0.5, 0.6) is 0 Å². The Morgan fingerprint density at radius 2 is 1.95 bits per heavy atom. The van der Waals surface area contributed by atoms with Gasteiger partial charge >= 0.3 is 0 Å². The van der Waals surface area contributed by atoms with Crippen molar-refractivity contribution < 1.29 is 0 Å². The molecule has 1 aromatic rings. The summed E-state index contributed by atoms with van der Waals surface area (Å²) in [5, 5.41) is 4.26. The highest BCUT2D eigenvalue weighted by atomic mass is 15.3. The first-order chi connectivity index (χ1) is 9.56. The monoisotopic (exact) mass is 279 g/mol. The van der Waals surface area contributed by atoms with Crippen molar-refractivity contribution in [3.05, 3.63) is 18.0 Å². The molecule has 2 rings (SSSR count). The second-order valence-electron chi connectivity index (χ2n) is 6.10. The van der Waals surface area contributed by atoms with Crippen molar-refractivity contribution in [3.8, 4) is 0 Å². The first kappa shape index (κ1) is 15.5. The molecule has 0 spiro atoms. The molecule has 5 heteroatoms. The second-order valence-corrected chi connectivity index (χ2v) is 6.10. The van der Waals surface area contributed by atoms with Crippen LogP contribution in [0.3, 0.4) is 0 Å². The number of nitrogens with zero attached hydrogens (tertiary/aromatic N) is 5. The van der Waals surface area contributed by atoms with Crippen molar-refractivity contribution in [2.24, 2.45) is 7.05 Å². The van der Waals surface area contributed by atoms with Gasteiger partial charge in [0.15, 0.2) is 0 Å². The Bertz CT molecular complexity index is 395. The lowest BCUT2D eigenvalue weighted by atomic mass is 10.1. The Hall–Kier alpha value is -0.910. The van der Waals surface area contributed by atoms with Gasteiger partial charge in [-0.3, -0.25) is 9.58 Å². The first-order valence-electron chi connectivity index (χ1n) is 7.66. The third-order valence-corrected chi connectivity index (χ3v) is 4.45. The van der Waals surface area contributed by atoms with Crippen molar-refractivity contribution >= 4 is 0 Å². The van der Waals surface area contributed by atoms with Gasteiger partial charge in [0.05, 0.1) is 6.20 Å². The zero-order valence-corrected chi connectivity index (χ0v) is 13.4. The van der Waals surface area contributed by atoms with Crippen molar-refractivity contribution in [2.45, 2.75) is 19.4 Å². The Balaban J connectivity index is 1.68. The number of aryl methyl sites for hydroxylation is 1. The molecule has 1 saturated heterocycles. The van der Waals surface area contributed by atoms with Crippen LogP contribution in [0.1, 0.15) is 24.9 Å². The molecule has 0 radical (unpaired) electrons. The molecule has 1 aliphatic heterocycles. The SMILES string of the molecule is CC(c1cnn(C)c1)N(C)CCCN1CCN(C)CC1. The molecular formula is C15H29N5. The van der Waals surface area contributed by atoms with Gasteiger partial charge in [-0.2, -0.15) is 5.10 Å². The van der Waals surface area contributed by atoms with E-state index < -0.39 is 0 Å². The van der Waals surface area contributed by atoms with E-state index in [1.165, 1.54) is 44.7 Å². The van der Waals surface area contributed by atoms with Gasteiger partial charge in [-0.1, -0.05) is 0 Å². The van der Waals surface area contributed by atoms with Crippen LogP contribution in [-0.4, -0.2) is 77.8 Å². The summed E-state index contributed by atoms with van der Waals surface area (Å²) in [6, 6.07) is 0.441. The lowest BCUT2D eigenvalue weighted by molar-refractivity contribution is 0.145. The van der Waals surface area contributed by atoms with E-state index in [9.17, 15) is 0 Å². The summed E-state index contributed by atoms with van der Waals surface area (Å²) in [4.78, 5) is 7.42. The molecule has 0 amide bonds. The van der Waals surface area contributed by atoms with E-state index in [0.29, 0.717) is 6.04 Å². The Morgan fingerprint density at radius 1 is 1.25 bits per heavy atom. The van der Waals surface area contributed by atoms with Crippen molar-refractivity contribution in [1.29, 1.82) is 0 Å². The highest BCUT2D eigenvalue weighted by molar-refractivity contribution is 5.08. The minimum atomic E-state index is 0.441. The third kappa shape index (κ3) is 4.30. The summed E-state index contributed by atoms with van der Waals surface area (Å²) in [6.45, 7) is 9.48. The molecule has 0 aliphatic carbocycles. The molecule has 0 aromatic carbocycles. The standard InChI is InChI=1S/C15H29N5/c1-14(15-12-16-19(4)13-15)18(3)6-5-7-20-10-8-17(2)9-11-20/h12-14H,5-11H2,1-4H3. The van der Waals surface area contributed by atoms with Gasteiger partial charge in [0, 0.05) is 51.0 Å². The first-order valence-corrected chi connectivity index (χ1v) is 7.66. The van der Waals surface area contributed by atoms with Crippen LogP contribution < -0.4 is 0 Å². The van der Waals surface area contributed by atoms with Crippen LogP contribution in [0.15, 0.2) is 12.4 Å². The average Bonchev–Trinajstić information content (AvgIpc) is 2.86. The molecule has 0 saturated carbocycles. The Kier molecular flexibility index (Phi) is 5.57. The fourth-order valence-electron chi connectivity index (χ4n) is 2.72. The predicted molar refractivity (Wildman–Crippen MR) is 82.8 cm³/mol. The van der Waals surface area contributed by atoms with Crippen LogP contribution in [0.4, 0.5) is 0 Å². The molecular weight excluding hydrogens is 250 g/mol. The van der Waals surface area contributed by atoms with Gasteiger partial charge in [-0.25, -0.2) is 0 Å². The third-order valence-electron chi connectivity index (χ3n) is 4.45. The van der Waals surface area contributed by atoms with Gasteiger partial charge in [-0.15, -0.1) is 0 Å². The summed E-state index contributed by atoms with van der Waals surface area (Å²) in [7, 11) is 6.39. The summed E-state index contributed by atoms with van der Waals surface area (Å²) < 4.78 is 1.88. The van der Waals surface area contributed by atoms with Crippen molar-refractivity contribution in [3.63, 3.8) is 0 Å². The largest absolute Gasteiger partial charge is 0.304 e. The quantitative estimate of drug-likeness (QED) is 0.778. The normalized spacial score (nSPS) is 19.6. The van der Waals surface area contributed by atoms with E-state index in [1.54, 1.807) is 0 Å². The van der Waals surface area contributed by atoms with Crippen molar-refractivity contribution in [2.75, 3.05) is 53.4 Å². The van der Waals surface area contributed by atoms with E-state index in [4.69, 9.17) is 0 Å². The molecule has 1 atom stereocenters. The summed E-state index contributed by atoms with van der Waals surface area (Å²) in [5.41, 5.74) is 1.30. The Labute approximate surface area is 123 Å². The van der Waals surface area contributed by atoms with Gasteiger partial charge in [0.2, 0.25) is 0 Å². The number of aromatic nitrogens is 2. The predicted octanol–water partition coefficient (Wildman–Crippen LogP) is 1.05. The van der Waals surface area contributed by atoms with Crippen molar-refractivity contribution in [1.82, 2.24) is 24.5 Å². The summed E-state index contributed by atoms with van der Waals surface area (Å²) >= 11 is 0. The minimum absolute atomic E-state index is 0.441. The maximum absolute atomic E-state index is 4.26. The number of hydrogen-bond donors (Lipinski definition) is 0. The average molecular weight is 279 g/mol. The number of likely N-dealkylation sites (N-methyl/N-ethyl adjacent to an activating group) is 1. The molecule has 114 valence electrons. The Morgan fingerprint density at radius 3 is 2.55 bits per heavy atom. The van der Waals surface area contributed by atoms with Gasteiger partial charge in [0.1, 0.15) is 0 Å². The highest BCUT2D eigenvalue weighted by Gasteiger charge is 2.15. The van der Waals surface area contributed by atoms with E-state index >= 15 is 0 Å². The molecule has 20 heavy (non-hydrogen) atoms. The van der Waals surface area contributed by atoms with E-state index in [2.05, 4.69) is 47.0 Å². The van der Waals surface area contributed by atoms with E-state index in [-0.39, 0.29) is 0 Å². The molecule has 2 heterocycles. The van der Waals surface area contributed by atoms with Crippen LogP contribution in [0.2, 0.25) is 0 Å². The minimum Gasteiger partial charge on any atom is -0.304 e. The van der Waals surface area contributed by atoms with Crippen LogP contribution in [-0.2, 0) is 7.05 Å². The molecule has 5 nitrogen and oxygen atoms in total. The number of hydrogen-bond acceptors (Lipinski definition) is 4. The van der Waals surface area contributed by atoms with Gasteiger partial charge in [0.25, 0.3) is 0 Å². The van der Waals surface area contributed by atoms with Crippen LogP contribution in [0, 0.1) is 0 Å². The molecule has 0 N–H and O–H groups in total. The van der Waals surface area contributed by atoms with Crippen LogP contribution in [0.25, 0.3) is 0 Å². The molecule has 1 aromatic heterocycles. The fraction of sp³-hybridized carbons (Fsp3) is 0.800. The lowest BCUT2D eigenvalue weighted by Crippen LogP contribution is -2.45. The zero-order valence-electron chi connectivity index (χ0n) is 13.4. The van der Waals surface area contributed by atoms with Gasteiger partial charge in [-0.05, 0) is 40.5 Å². The number of rotatable bonds is 6. The van der Waals surface area contributed by atoms with E-state index in [1.807, 2.05) is 17.9 Å². The van der Waals surface area contributed by atoms with Gasteiger partial charge < -0.3 is 9.80 Å². The second kappa shape index (κ2) is 7.20. The molecule has 1 aliphatic rings. The van der Waals surface area contributed by atoms with E-state index in [0.717, 1.165) is 6.54 Å². The lowest BCUT2D eigenvalue weighted by Gasteiger charge is -2.33. The smallest absolute Gasteiger partial charge is 0.0537 e. The maximum atomic E-state index is 4.26. The maximum Gasteiger partial charge on any atom is 0.0537 e. The zero-order chi connectivity index (χ0) is 14.5. The summed E-state index contributed by atoms with van der Waals surface area (Å²) in [6.07, 6.45) is 5.33. The number of piperazine rings is 1.